The largest absolute Gasteiger partial charge is 0.481 e. The molecule has 0 spiro atoms. The Kier molecular flexibility index (Phi) is 6.12. The minimum absolute atomic E-state index is 0.0760. The second kappa shape index (κ2) is 7.16. The molecule has 0 unspecified atom stereocenters. The van der Waals surface area contributed by atoms with Crippen LogP contribution in [0.15, 0.2) is 28.7 Å². The van der Waals surface area contributed by atoms with Gasteiger partial charge in [0.15, 0.2) is 0 Å². The molecule has 0 aromatic heterocycles. The number of rotatable bonds is 7. The Morgan fingerprint density at radius 1 is 1.45 bits per heavy atom. The first-order valence-electron chi connectivity index (χ1n) is 5.94. The third kappa shape index (κ3) is 4.86. The van der Waals surface area contributed by atoms with E-state index in [1.54, 1.807) is 6.92 Å². The van der Waals surface area contributed by atoms with Crippen molar-refractivity contribution < 1.29 is 18.3 Å². The Labute approximate surface area is 127 Å². The Morgan fingerprint density at radius 2 is 2.05 bits per heavy atom. The quantitative estimate of drug-likeness (QED) is 0.771. The number of nitrogens with one attached hydrogen (secondary N) is 1. The lowest BCUT2D eigenvalue weighted by molar-refractivity contribution is -0.137. The molecule has 0 amide bonds. The Bertz CT molecular complexity index is 577. The van der Waals surface area contributed by atoms with Gasteiger partial charge in [-0.15, -0.1) is 0 Å². The summed E-state index contributed by atoms with van der Waals surface area (Å²) in [6, 6.07) is 6.87. The van der Waals surface area contributed by atoms with Crippen molar-refractivity contribution in [2.45, 2.75) is 19.4 Å². The number of carboxylic acid groups (broad SMARTS) is 1. The predicted octanol–water partition coefficient (Wildman–Crippen LogP) is 1.75. The molecule has 1 aromatic rings. The average molecular weight is 365 g/mol. The van der Waals surface area contributed by atoms with Crippen LogP contribution in [0.25, 0.3) is 0 Å². The van der Waals surface area contributed by atoms with Crippen LogP contribution in [0.2, 0.25) is 0 Å². The smallest absolute Gasteiger partial charge is 0.304 e. The van der Waals surface area contributed by atoms with Gasteiger partial charge < -0.3 is 5.11 Å². The van der Waals surface area contributed by atoms with Crippen molar-refractivity contribution in [1.82, 2.24) is 9.03 Å². The molecule has 0 bridgehead atoms. The van der Waals surface area contributed by atoms with E-state index < -0.39 is 22.2 Å². The molecule has 0 saturated carbocycles. The maximum absolute atomic E-state index is 12.0. The molecule has 8 heteroatoms. The Morgan fingerprint density at radius 3 is 2.60 bits per heavy atom. The van der Waals surface area contributed by atoms with Gasteiger partial charge in [0.2, 0.25) is 0 Å². The van der Waals surface area contributed by atoms with E-state index in [2.05, 4.69) is 20.7 Å². The summed E-state index contributed by atoms with van der Waals surface area (Å²) in [6.07, 6.45) is -0.235. The van der Waals surface area contributed by atoms with Gasteiger partial charge in [-0.2, -0.15) is 17.4 Å². The van der Waals surface area contributed by atoms with E-state index in [1.807, 2.05) is 24.3 Å². The van der Waals surface area contributed by atoms with E-state index >= 15 is 0 Å². The van der Waals surface area contributed by atoms with Crippen molar-refractivity contribution in [3.05, 3.63) is 34.3 Å². The molecule has 0 saturated heterocycles. The summed E-state index contributed by atoms with van der Waals surface area (Å²) in [4.78, 5) is 10.5. The highest BCUT2D eigenvalue weighted by Crippen LogP contribution is 2.23. The van der Waals surface area contributed by atoms with E-state index in [0.717, 1.165) is 14.3 Å². The van der Waals surface area contributed by atoms with E-state index in [0.29, 0.717) is 0 Å². The van der Waals surface area contributed by atoms with Crippen LogP contribution in [0, 0.1) is 0 Å². The molecular formula is C12H17BrN2O4S. The first kappa shape index (κ1) is 17.1. The molecular weight excluding hydrogens is 348 g/mol. The second-order valence-corrected chi connectivity index (χ2v) is 6.99. The number of nitrogens with zero attached hydrogens (tertiary/aromatic N) is 1. The van der Waals surface area contributed by atoms with E-state index in [-0.39, 0.29) is 13.0 Å². The number of carboxylic acids is 1. The van der Waals surface area contributed by atoms with Gasteiger partial charge in [-0.1, -0.05) is 34.1 Å². The molecule has 0 aliphatic heterocycles. The number of hydrogen-bond acceptors (Lipinski definition) is 3. The van der Waals surface area contributed by atoms with Crippen LogP contribution < -0.4 is 4.72 Å². The molecule has 112 valence electrons. The minimum atomic E-state index is -3.72. The summed E-state index contributed by atoms with van der Waals surface area (Å²) in [5.74, 6) is -1.04. The Balaban J connectivity index is 2.75. The van der Waals surface area contributed by atoms with E-state index in [1.165, 1.54) is 7.05 Å². The standard InChI is InChI=1S/C12H17BrN2O4S/c1-9(10-5-3-4-6-11(10)13)14-20(18,19)15(2)8-7-12(16)17/h3-6,9,14H,7-8H2,1-2H3,(H,16,17)/t9-/m1/s1. The highest BCUT2D eigenvalue weighted by Gasteiger charge is 2.22. The molecule has 20 heavy (non-hydrogen) atoms. The normalized spacial score (nSPS) is 13.4. The zero-order valence-corrected chi connectivity index (χ0v) is 13.6. The number of halogens is 1. The van der Waals surface area contributed by atoms with Gasteiger partial charge in [0.05, 0.1) is 6.42 Å². The molecule has 6 nitrogen and oxygen atoms in total. The number of hydrogen-bond donors (Lipinski definition) is 2. The summed E-state index contributed by atoms with van der Waals surface area (Å²) < 4.78 is 28.4. The van der Waals surface area contributed by atoms with Gasteiger partial charge >= 0.3 is 5.97 Å². The molecule has 0 fully saturated rings. The summed E-state index contributed by atoms with van der Waals surface area (Å²) in [6.45, 7) is 1.65. The average Bonchev–Trinajstić information content (AvgIpc) is 2.35. The van der Waals surface area contributed by atoms with Crippen molar-refractivity contribution in [3.63, 3.8) is 0 Å². The molecule has 0 radical (unpaired) electrons. The van der Waals surface area contributed by atoms with Gasteiger partial charge in [0.25, 0.3) is 10.2 Å². The lowest BCUT2D eigenvalue weighted by Gasteiger charge is -2.21. The third-order valence-corrected chi connectivity index (χ3v) is 5.13. The predicted molar refractivity (Wildman–Crippen MR) is 79.5 cm³/mol. The summed E-state index contributed by atoms with van der Waals surface area (Å²) in [5.41, 5.74) is 0.808. The lowest BCUT2D eigenvalue weighted by atomic mass is 10.1. The van der Waals surface area contributed by atoms with E-state index in [4.69, 9.17) is 5.11 Å². The first-order valence-corrected chi connectivity index (χ1v) is 8.17. The maximum atomic E-state index is 12.0. The van der Waals surface area contributed by atoms with Gasteiger partial charge in [-0.3, -0.25) is 4.79 Å². The first-order chi connectivity index (χ1) is 9.24. The molecule has 1 aromatic carbocycles. The summed E-state index contributed by atoms with van der Waals surface area (Å²) in [7, 11) is -2.38. The number of aliphatic carboxylic acids is 1. The third-order valence-electron chi connectivity index (χ3n) is 2.75. The number of carbonyl (C=O) groups is 1. The molecule has 0 aliphatic rings. The van der Waals surface area contributed by atoms with Crippen LogP contribution >= 0.6 is 15.9 Å². The van der Waals surface area contributed by atoms with Gasteiger partial charge in [0, 0.05) is 24.1 Å². The van der Waals surface area contributed by atoms with Gasteiger partial charge in [0.1, 0.15) is 0 Å². The number of benzene rings is 1. The zero-order valence-electron chi connectivity index (χ0n) is 11.2. The van der Waals surface area contributed by atoms with Gasteiger partial charge in [-0.05, 0) is 18.6 Å². The van der Waals surface area contributed by atoms with Crippen LogP contribution in [-0.4, -0.2) is 37.4 Å². The van der Waals surface area contributed by atoms with Crippen LogP contribution in [-0.2, 0) is 15.0 Å². The van der Waals surface area contributed by atoms with Crippen LogP contribution in [0.1, 0.15) is 24.9 Å². The molecule has 2 N–H and O–H groups in total. The molecule has 1 rings (SSSR count). The SMILES string of the molecule is C[C@@H](NS(=O)(=O)N(C)CCC(=O)O)c1ccccc1Br. The van der Waals surface area contributed by atoms with Crippen LogP contribution in [0.3, 0.4) is 0 Å². The van der Waals surface area contributed by atoms with Crippen molar-refractivity contribution in [1.29, 1.82) is 0 Å². The highest BCUT2D eigenvalue weighted by atomic mass is 79.9. The minimum Gasteiger partial charge on any atom is -0.481 e. The second-order valence-electron chi connectivity index (χ2n) is 4.33. The monoisotopic (exact) mass is 364 g/mol. The topological polar surface area (TPSA) is 86.7 Å². The molecule has 0 heterocycles. The summed E-state index contributed by atoms with van der Waals surface area (Å²) in [5, 5.41) is 8.58. The zero-order chi connectivity index (χ0) is 15.3. The maximum Gasteiger partial charge on any atom is 0.304 e. The van der Waals surface area contributed by atoms with Crippen molar-refractivity contribution >= 4 is 32.1 Å². The highest BCUT2D eigenvalue weighted by molar-refractivity contribution is 9.10. The van der Waals surface area contributed by atoms with Crippen LogP contribution in [0.4, 0.5) is 0 Å². The van der Waals surface area contributed by atoms with Gasteiger partial charge in [-0.25, -0.2) is 0 Å². The Hall–Kier alpha value is -0.960. The molecule has 0 aliphatic carbocycles. The van der Waals surface area contributed by atoms with Crippen LogP contribution in [0.5, 0.6) is 0 Å². The van der Waals surface area contributed by atoms with E-state index in [9.17, 15) is 13.2 Å². The fourth-order valence-corrected chi connectivity index (χ4v) is 3.29. The fraction of sp³-hybridized carbons (Fsp3) is 0.417. The van der Waals surface area contributed by atoms with Crippen molar-refractivity contribution in [2.75, 3.05) is 13.6 Å². The summed E-state index contributed by atoms with van der Waals surface area (Å²) >= 11 is 3.37. The van der Waals surface area contributed by atoms with Crippen molar-refractivity contribution in [3.8, 4) is 0 Å². The lowest BCUT2D eigenvalue weighted by Crippen LogP contribution is -2.40. The fourth-order valence-electron chi connectivity index (χ4n) is 1.58. The molecule has 1 atom stereocenters. The van der Waals surface area contributed by atoms with Crippen molar-refractivity contribution in [2.24, 2.45) is 0 Å².